The van der Waals surface area contributed by atoms with E-state index in [1.165, 1.54) is 48.8 Å². The summed E-state index contributed by atoms with van der Waals surface area (Å²) in [6.07, 6.45) is 9.62. The topological polar surface area (TPSA) is 143 Å². The molecule has 0 radical (unpaired) electrons. The molecule has 2 spiro atoms. The van der Waals surface area contributed by atoms with E-state index in [4.69, 9.17) is 16.3 Å². The number of ether oxygens (including phenoxy) is 1. The van der Waals surface area contributed by atoms with Crippen LogP contribution in [0.4, 0.5) is 11.6 Å². The molecule has 7 rings (SSSR count). The number of rotatable bonds is 13. The molecular formula is C33H45Cl3N6O5S. The number of amides is 2. The van der Waals surface area contributed by atoms with Gasteiger partial charge in [-0.15, -0.1) is 24.8 Å². The summed E-state index contributed by atoms with van der Waals surface area (Å²) in [5.74, 6) is 0.982. The number of sulfonamides is 1. The molecular weight excluding hydrogens is 699 g/mol. The molecule has 4 heterocycles. The minimum Gasteiger partial charge on any atom is -0.370 e. The van der Waals surface area contributed by atoms with Crippen LogP contribution in [-0.2, 0) is 19.6 Å². The Balaban J connectivity index is 0.00000225. The van der Waals surface area contributed by atoms with E-state index in [0.717, 1.165) is 38.1 Å². The van der Waals surface area contributed by atoms with Crippen LogP contribution in [0.25, 0.3) is 0 Å². The van der Waals surface area contributed by atoms with Crippen molar-refractivity contribution in [2.75, 3.05) is 36.5 Å². The minimum atomic E-state index is -4.29. The van der Waals surface area contributed by atoms with E-state index in [9.17, 15) is 18.0 Å². The molecule has 11 nitrogen and oxygen atoms in total. The summed E-state index contributed by atoms with van der Waals surface area (Å²) in [5.41, 5.74) is 1.30. The van der Waals surface area contributed by atoms with Crippen LogP contribution in [0.2, 0.25) is 5.15 Å². The Morgan fingerprint density at radius 2 is 1.81 bits per heavy atom. The lowest BCUT2D eigenvalue weighted by molar-refractivity contribution is -0.127. The molecule has 2 saturated heterocycles. The van der Waals surface area contributed by atoms with Gasteiger partial charge >= 0.3 is 0 Å². The van der Waals surface area contributed by atoms with Gasteiger partial charge in [-0.05, 0) is 119 Å². The third kappa shape index (κ3) is 7.16. The molecule has 2 aromatic rings. The number of nitrogens with zero attached hydrogens (tertiary/aromatic N) is 3. The van der Waals surface area contributed by atoms with Crippen LogP contribution in [0.3, 0.4) is 0 Å². The molecule has 3 aliphatic carbocycles. The zero-order valence-electron chi connectivity index (χ0n) is 27.3. The maximum atomic E-state index is 13.1. The van der Waals surface area contributed by atoms with Gasteiger partial charge in [0, 0.05) is 31.7 Å². The summed E-state index contributed by atoms with van der Waals surface area (Å²) in [5, 5.41) is 6.22. The van der Waals surface area contributed by atoms with Crippen LogP contribution in [0.1, 0.15) is 82.0 Å². The summed E-state index contributed by atoms with van der Waals surface area (Å²) < 4.78 is 34.2. The fourth-order valence-corrected chi connectivity index (χ4v) is 9.62. The van der Waals surface area contributed by atoms with Crippen molar-refractivity contribution in [2.45, 2.75) is 88.3 Å². The van der Waals surface area contributed by atoms with Gasteiger partial charge in [-0.1, -0.05) is 17.7 Å². The van der Waals surface area contributed by atoms with Crippen molar-refractivity contribution in [1.82, 2.24) is 20.0 Å². The average molecular weight is 744 g/mol. The highest BCUT2D eigenvalue weighted by molar-refractivity contribution is 7.90. The number of carbonyl (C=O) groups is 2. The summed E-state index contributed by atoms with van der Waals surface area (Å²) in [4.78, 5) is 36.1. The van der Waals surface area contributed by atoms with Gasteiger partial charge in [0.05, 0.1) is 5.56 Å². The minimum absolute atomic E-state index is 0. The van der Waals surface area contributed by atoms with E-state index in [-0.39, 0.29) is 52.0 Å². The predicted octanol–water partition coefficient (Wildman–Crippen LogP) is 5.37. The molecule has 264 valence electrons. The van der Waals surface area contributed by atoms with Crippen molar-refractivity contribution < 1.29 is 22.7 Å². The first-order valence-corrected chi connectivity index (χ1v) is 18.4. The third-order valence-corrected chi connectivity index (χ3v) is 12.6. The zero-order valence-corrected chi connectivity index (χ0v) is 30.5. The van der Waals surface area contributed by atoms with Crippen LogP contribution in [-0.4, -0.2) is 68.1 Å². The maximum Gasteiger partial charge on any atom is 0.281 e. The van der Waals surface area contributed by atoms with Gasteiger partial charge in [0.2, 0.25) is 0 Å². The van der Waals surface area contributed by atoms with Crippen LogP contribution in [0.5, 0.6) is 0 Å². The van der Waals surface area contributed by atoms with Crippen LogP contribution < -0.4 is 20.3 Å². The Labute approximate surface area is 300 Å². The SMILES string of the molecule is CC1(C)C[C@H](CCCNc2cccc(S(=O)(=O)NC(=O)c3ccc(N4CCC(OCCC5C6(CC6)C56CC6)C4=O)nc3Cl)n2)CN1.Cl.Cl. The summed E-state index contributed by atoms with van der Waals surface area (Å²) in [7, 11) is -4.29. The smallest absolute Gasteiger partial charge is 0.281 e. The molecule has 3 saturated carbocycles. The van der Waals surface area contributed by atoms with Gasteiger partial charge < -0.3 is 15.4 Å². The van der Waals surface area contributed by atoms with Gasteiger partial charge in [-0.3, -0.25) is 14.5 Å². The molecule has 5 aliphatic rings. The molecule has 2 atom stereocenters. The van der Waals surface area contributed by atoms with Crippen molar-refractivity contribution in [3.05, 3.63) is 41.0 Å². The first-order valence-electron chi connectivity index (χ1n) is 16.6. The zero-order chi connectivity index (χ0) is 32.3. The van der Waals surface area contributed by atoms with Gasteiger partial charge in [-0.25, -0.2) is 14.7 Å². The highest BCUT2D eigenvalue weighted by Crippen LogP contribution is 2.93. The first kappa shape index (κ1) is 37.0. The fourth-order valence-electron chi connectivity index (χ4n) is 8.45. The molecule has 2 amide bonds. The van der Waals surface area contributed by atoms with E-state index >= 15 is 0 Å². The second kappa shape index (κ2) is 13.8. The quantitative estimate of drug-likeness (QED) is 0.182. The first-order chi connectivity index (χ1) is 21.9. The number of nitrogens with one attached hydrogen (secondary N) is 3. The third-order valence-electron chi connectivity index (χ3n) is 11.0. The molecule has 48 heavy (non-hydrogen) atoms. The van der Waals surface area contributed by atoms with Crippen molar-refractivity contribution >= 4 is 69.9 Å². The number of fused-ring (bicyclic) bond motifs is 1. The Hall–Kier alpha value is -2.22. The molecule has 2 aromatic heterocycles. The van der Waals surface area contributed by atoms with E-state index in [0.29, 0.717) is 54.5 Å². The summed E-state index contributed by atoms with van der Waals surface area (Å²) >= 11 is 6.35. The Bertz CT molecular complexity index is 1630. The number of carbonyl (C=O) groups excluding carboxylic acids is 2. The van der Waals surface area contributed by atoms with Gasteiger partial charge in [0.1, 0.15) is 22.9 Å². The van der Waals surface area contributed by atoms with Crippen molar-refractivity contribution in [2.24, 2.45) is 22.7 Å². The highest BCUT2D eigenvalue weighted by Gasteiger charge is 2.85. The van der Waals surface area contributed by atoms with E-state index < -0.39 is 22.0 Å². The lowest BCUT2D eigenvalue weighted by atomic mass is 9.94. The normalized spacial score (nSPS) is 24.2. The largest absolute Gasteiger partial charge is 0.370 e. The van der Waals surface area contributed by atoms with Crippen LogP contribution >= 0.6 is 36.4 Å². The van der Waals surface area contributed by atoms with E-state index in [1.807, 2.05) is 4.72 Å². The highest BCUT2D eigenvalue weighted by atomic mass is 35.5. The summed E-state index contributed by atoms with van der Waals surface area (Å²) in [6, 6.07) is 7.46. The number of pyridine rings is 2. The van der Waals surface area contributed by atoms with Gasteiger partial charge in [0.25, 0.3) is 21.8 Å². The maximum absolute atomic E-state index is 13.1. The van der Waals surface area contributed by atoms with Crippen molar-refractivity contribution in [1.29, 1.82) is 0 Å². The molecule has 0 aromatic carbocycles. The lowest BCUT2D eigenvalue weighted by Crippen LogP contribution is -2.33. The molecule has 1 unspecified atom stereocenters. The molecule has 15 heteroatoms. The number of halogens is 3. The number of anilines is 2. The molecule has 5 fully saturated rings. The lowest BCUT2D eigenvalue weighted by Gasteiger charge is -2.17. The van der Waals surface area contributed by atoms with E-state index in [2.05, 4.69) is 34.4 Å². The second-order valence-corrected chi connectivity index (χ2v) is 16.5. The van der Waals surface area contributed by atoms with Crippen LogP contribution in [0, 0.1) is 22.7 Å². The predicted molar refractivity (Wildman–Crippen MR) is 189 cm³/mol. The van der Waals surface area contributed by atoms with Gasteiger partial charge in [-0.2, -0.15) is 8.42 Å². The molecule has 2 aliphatic heterocycles. The van der Waals surface area contributed by atoms with Crippen molar-refractivity contribution in [3.63, 3.8) is 0 Å². The number of hydrogen-bond donors (Lipinski definition) is 3. The van der Waals surface area contributed by atoms with E-state index in [1.54, 1.807) is 12.1 Å². The Morgan fingerprint density at radius 3 is 2.46 bits per heavy atom. The van der Waals surface area contributed by atoms with Crippen LogP contribution in [0.15, 0.2) is 35.4 Å². The molecule has 3 N–H and O–H groups in total. The average Bonchev–Trinajstić information content (AvgIpc) is 3.96. The number of aromatic nitrogens is 2. The summed E-state index contributed by atoms with van der Waals surface area (Å²) in [6.45, 7) is 7.10. The van der Waals surface area contributed by atoms with Crippen molar-refractivity contribution in [3.8, 4) is 0 Å². The Morgan fingerprint density at radius 1 is 1.08 bits per heavy atom. The van der Waals surface area contributed by atoms with Gasteiger partial charge in [0.15, 0.2) is 5.03 Å². The second-order valence-electron chi connectivity index (χ2n) is 14.5. The Kier molecular flexibility index (Phi) is 10.7. The molecule has 0 bridgehead atoms. The standard InChI is InChI=1S/C33H43ClN6O5S.2ClH/c1-31(2)19-21(20-36-31)5-4-16-35-25-6-3-7-27(37-25)46(43,44)39-29(41)22-8-9-26(38-28(22)34)40-17-10-23(30(40)42)45-18-11-24-32(12-13-32)33(24)14-15-33;;/h3,6-9,21,23-24,36H,4-5,10-20H2,1-2H3,(H,35,37)(H,39,41);2*1H/t21-,23?;;/m0../s1. The fraction of sp³-hybridized carbons (Fsp3) is 0.636. The number of hydrogen-bond acceptors (Lipinski definition) is 9. The monoisotopic (exact) mass is 742 g/mol.